The lowest BCUT2D eigenvalue weighted by Gasteiger charge is -2.49. The van der Waals surface area contributed by atoms with Gasteiger partial charge in [-0.05, 0) is 46.2 Å². The summed E-state index contributed by atoms with van der Waals surface area (Å²) in [6.45, 7) is 7.27. The largest absolute Gasteiger partial charge is 0.444 e. The molecule has 1 fully saturated rings. The van der Waals surface area contributed by atoms with Gasteiger partial charge in [-0.25, -0.2) is 14.8 Å². The molecule has 0 aromatic carbocycles. The molecule has 1 aliphatic heterocycles. The van der Waals surface area contributed by atoms with Gasteiger partial charge in [0.2, 0.25) is 0 Å². The molecule has 1 atom stereocenters. The third-order valence-corrected chi connectivity index (χ3v) is 5.14. The highest BCUT2D eigenvalue weighted by molar-refractivity contribution is 6.01. The van der Waals surface area contributed by atoms with Gasteiger partial charge < -0.3 is 4.74 Å². The van der Waals surface area contributed by atoms with Crippen LogP contribution in [0.2, 0.25) is 0 Å². The van der Waals surface area contributed by atoms with Crippen molar-refractivity contribution in [2.75, 3.05) is 18.5 Å². The Labute approximate surface area is 183 Å². The molecular formula is C21H24F3N5O3. The molecule has 3 heterocycles. The van der Waals surface area contributed by atoms with Crippen LogP contribution >= 0.6 is 0 Å². The molecule has 0 spiro atoms. The van der Waals surface area contributed by atoms with Crippen LogP contribution in [0.15, 0.2) is 30.7 Å². The molecule has 0 aliphatic carbocycles. The summed E-state index contributed by atoms with van der Waals surface area (Å²) in [5.41, 5.74) is -2.16. The Morgan fingerprint density at radius 2 is 1.84 bits per heavy atom. The third kappa shape index (κ3) is 4.66. The van der Waals surface area contributed by atoms with Gasteiger partial charge in [0.1, 0.15) is 29.0 Å². The lowest BCUT2D eigenvalue weighted by atomic mass is 9.85. The number of hydrogen-bond donors (Lipinski definition) is 0. The van der Waals surface area contributed by atoms with E-state index in [1.165, 1.54) is 35.3 Å². The van der Waals surface area contributed by atoms with Crippen LogP contribution in [0.4, 0.5) is 23.8 Å². The SMILES string of the molecule is CN(C(=O)C1(C)CCN1C(=O)OC(C)(C)C)c1cc(-c2ccc(C(F)(F)F)nc2)ncn1. The van der Waals surface area contributed by atoms with E-state index in [-0.39, 0.29) is 11.7 Å². The number of alkyl halides is 3. The number of carbonyl (C=O) groups is 2. The van der Waals surface area contributed by atoms with Crippen molar-refractivity contribution in [1.82, 2.24) is 19.9 Å². The van der Waals surface area contributed by atoms with Gasteiger partial charge in [0.05, 0.1) is 5.69 Å². The van der Waals surface area contributed by atoms with E-state index in [0.29, 0.717) is 24.2 Å². The normalized spacial score (nSPS) is 18.7. The zero-order valence-electron chi connectivity index (χ0n) is 18.4. The maximum absolute atomic E-state index is 13.2. The number of amides is 2. The fourth-order valence-electron chi connectivity index (χ4n) is 3.26. The van der Waals surface area contributed by atoms with E-state index in [4.69, 9.17) is 4.74 Å². The summed E-state index contributed by atoms with van der Waals surface area (Å²) >= 11 is 0. The quantitative estimate of drug-likeness (QED) is 0.703. The average Bonchev–Trinajstić information content (AvgIpc) is 2.69. The predicted molar refractivity (Wildman–Crippen MR) is 110 cm³/mol. The molecule has 1 saturated heterocycles. The van der Waals surface area contributed by atoms with E-state index in [9.17, 15) is 22.8 Å². The third-order valence-electron chi connectivity index (χ3n) is 5.14. The smallest absolute Gasteiger partial charge is 0.433 e. The van der Waals surface area contributed by atoms with Crippen molar-refractivity contribution in [2.24, 2.45) is 0 Å². The van der Waals surface area contributed by atoms with Crippen molar-refractivity contribution in [3.05, 3.63) is 36.4 Å². The second kappa shape index (κ2) is 8.03. The number of anilines is 1. The second-order valence-corrected chi connectivity index (χ2v) is 8.71. The van der Waals surface area contributed by atoms with Crippen molar-refractivity contribution < 1.29 is 27.5 Å². The first-order valence-electron chi connectivity index (χ1n) is 9.87. The minimum atomic E-state index is -4.54. The fraction of sp³-hybridized carbons (Fsp3) is 0.476. The van der Waals surface area contributed by atoms with E-state index in [0.717, 1.165) is 12.3 Å². The van der Waals surface area contributed by atoms with E-state index < -0.39 is 29.1 Å². The Balaban J connectivity index is 1.80. The number of halogens is 3. The van der Waals surface area contributed by atoms with Crippen LogP contribution in [0.3, 0.4) is 0 Å². The van der Waals surface area contributed by atoms with Crippen LogP contribution in [0.5, 0.6) is 0 Å². The van der Waals surface area contributed by atoms with Gasteiger partial charge >= 0.3 is 12.3 Å². The molecule has 11 heteroatoms. The average molecular weight is 451 g/mol. The Morgan fingerprint density at radius 1 is 1.16 bits per heavy atom. The number of nitrogens with zero attached hydrogens (tertiary/aromatic N) is 5. The molecule has 0 bridgehead atoms. The lowest BCUT2D eigenvalue weighted by molar-refractivity contribution is -0.141. The number of aromatic nitrogens is 3. The minimum absolute atomic E-state index is 0.233. The zero-order chi connectivity index (χ0) is 23.9. The predicted octanol–water partition coefficient (Wildman–Crippen LogP) is 3.92. The Bertz CT molecular complexity index is 1020. The number of likely N-dealkylation sites (tertiary alicyclic amines) is 1. The van der Waals surface area contributed by atoms with Gasteiger partial charge in [-0.15, -0.1) is 0 Å². The molecule has 2 aromatic rings. The van der Waals surface area contributed by atoms with Gasteiger partial charge in [-0.3, -0.25) is 19.6 Å². The van der Waals surface area contributed by atoms with Crippen LogP contribution < -0.4 is 4.90 Å². The van der Waals surface area contributed by atoms with Gasteiger partial charge in [-0.2, -0.15) is 13.2 Å². The van der Waals surface area contributed by atoms with E-state index in [2.05, 4.69) is 15.0 Å². The summed E-state index contributed by atoms with van der Waals surface area (Å²) in [6, 6.07) is 3.59. The van der Waals surface area contributed by atoms with E-state index in [1.807, 2.05) is 0 Å². The van der Waals surface area contributed by atoms with Crippen LogP contribution in [0.25, 0.3) is 11.3 Å². The number of carbonyl (C=O) groups excluding carboxylic acids is 2. The first kappa shape index (κ1) is 23.4. The molecule has 172 valence electrons. The van der Waals surface area contributed by atoms with Crippen LogP contribution in [-0.2, 0) is 15.7 Å². The molecule has 2 amide bonds. The topological polar surface area (TPSA) is 88.5 Å². The van der Waals surface area contributed by atoms with Crippen LogP contribution in [-0.4, -0.2) is 56.6 Å². The molecule has 1 unspecified atom stereocenters. The fourth-order valence-corrected chi connectivity index (χ4v) is 3.26. The maximum Gasteiger partial charge on any atom is 0.433 e. The molecule has 1 aliphatic rings. The minimum Gasteiger partial charge on any atom is -0.444 e. The Hall–Kier alpha value is -3.24. The summed E-state index contributed by atoms with van der Waals surface area (Å²) in [5.74, 6) is -0.137. The molecule has 32 heavy (non-hydrogen) atoms. The van der Waals surface area contributed by atoms with Crippen molar-refractivity contribution in [3.8, 4) is 11.3 Å². The van der Waals surface area contributed by atoms with Crippen molar-refractivity contribution in [1.29, 1.82) is 0 Å². The Kier molecular flexibility index (Phi) is 5.88. The molecule has 0 saturated carbocycles. The van der Waals surface area contributed by atoms with E-state index in [1.54, 1.807) is 27.7 Å². The highest BCUT2D eigenvalue weighted by Gasteiger charge is 2.52. The monoisotopic (exact) mass is 451 g/mol. The number of pyridine rings is 1. The first-order chi connectivity index (χ1) is 14.7. The number of rotatable bonds is 3. The molecule has 0 N–H and O–H groups in total. The summed E-state index contributed by atoms with van der Waals surface area (Å²) in [5, 5.41) is 0. The van der Waals surface area contributed by atoms with Crippen molar-refractivity contribution in [3.63, 3.8) is 0 Å². The summed E-state index contributed by atoms with van der Waals surface area (Å²) in [4.78, 5) is 40.0. The highest BCUT2D eigenvalue weighted by atomic mass is 19.4. The lowest BCUT2D eigenvalue weighted by Crippen LogP contribution is -2.68. The second-order valence-electron chi connectivity index (χ2n) is 8.71. The maximum atomic E-state index is 13.2. The highest BCUT2D eigenvalue weighted by Crippen LogP contribution is 2.35. The van der Waals surface area contributed by atoms with Crippen molar-refractivity contribution in [2.45, 2.75) is 51.4 Å². The summed E-state index contributed by atoms with van der Waals surface area (Å²) < 4.78 is 43.6. The zero-order valence-corrected chi connectivity index (χ0v) is 18.4. The van der Waals surface area contributed by atoms with Crippen molar-refractivity contribution >= 4 is 17.8 Å². The first-order valence-corrected chi connectivity index (χ1v) is 9.87. The van der Waals surface area contributed by atoms with Gasteiger partial charge in [0.25, 0.3) is 5.91 Å². The van der Waals surface area contributed by atoms with Gasteiger partial charge in [-0.1, -0.05) is 0 Å². The molecule has 3 rings (SSSR count). The molecular weight excluding hydrogens is 427 g/mol. The number of likely N-dealkylation sites (N-methyl/N-ethyl adjacent to an activating group) is 1. The summed E-state index contributed by atoms with van der Waals surface area (Å²) in [6.07, 6.45) is -2.39. The van der Waals surface area contributed by atoms with Crippen LogP contribution in [0, 0.1) is 0 Å². The summed E-state index contributed by atoms with van der Waals surface area (Å²) in [7, 11) is 1.51. The molecule has 8 nitrogen and oxygen atoms in total. The van der Waals surface area contributed by atoms with E-state index >= 15 is 0 Å². The van der Waals surface area contributed by atoms with Gasteiger partial charge in [0.15, 0.2) is 0 Å². The standard InChI is InChI=1S/C21H24F3N5O3/c1-19(2,3)32-18(31)29-9-8-20(29,4)17(30)28(5)16-10-14(26-12-27-16)13-6-7-15(25-11-13)21(22,23)24/h6-7,10-12H,8-9H2,1-5H3. The Morgan fingerprint density at radius 3 is 2.34 bits per heavy atom. The van der Waals surface area contributed by atoms with Gasteiger partial charge in [0, 0.05) is 31.4 Å². The molecule has 2 aromatic heterocycles. The van der Waals surface area contributed by atoms with Crippen LogP contribution in [0.1, 0.15) is 39.8 Å². The number of hydrogen-bond acceptors (Lipinski definition) is 6. The molecule has 0 radical (unpaired) electrons. The number of ether oxygens (including phenoxy) is 1.